The van der Waals surface area contributed by atoms with Crippen LogP contribution in [0.3, 0.4) is 0 Å². The van der Waals surface area contributed by atoms with E-state index < -0.39 is 0 Å². The zero-order valence-corrected chi connectivity index (χ0v) is 10.7. The molecule has 0 saturated carbocycles. The van der Waals surface area contributed by atoms with Gasteiger partial charge in [0, 0.05) is 25.8 Å². The Morgan fingerprint density at radius 3 is 2.64 bits per heavy atom. The maximum atomic E-state index is 3.25. The van der Waals surface area contributed by atoms with E-state index in [9.17, 15) is 0 Å². The minimum absolute atomic E-state index is 0. The standard InChI is InChI=1S/C10H12N.C2H5.Tc/c1-2-11-8-7-9-5-3-4-6-10(9)11;1-2;/h3-6,8H,2,7H2,1H3;1H2,2H3;/q2*-1;. The topological polar surface area (TPSA) is 3.24 Å². The molecule has 0 amide bonds. The van der Waals surface area contributed by atoms with Gasteiger partial charge >= 0.3 is 0 Å². The van der Waals surface area contributed by atoms with Crippen molar-refractivity contribution < 1.29 is 20.1 Å². The van der Waals surface area contributed by atoms with E-state index in [1.165, 1.54) is 11.3 Å². The Morgan fingerprint density at radius 1 is 1.36 bits per heavy atom. The maximum absolute atomic E-state index is 3.25. The van der Waals surface area contributed by atoms with Crippen LogP contribution in [0.2, 0.25) is 0 Å². The van der Waals surface area contributed by atoms with Gasteiger partial charge in [-0.15, -0.1) is 6.42 Å². The normalized spacial score (nSPS) is 12.4. The van der Waals surface area contributed by atoms with Gasteiger partial charge in [0.1, 0.15) is 0 Å². The molecule has 0 spiro atoms. The van der Waals surface area contributed by atoms with E-state index in [1.807, 2.05) is 0 Å². The quantitative estimate of drug-likeness (QED) is 0.711. The van der Waals surface area contributed by atoms with Crippen LogP contribution >= 0.6 is 0 Å². The van der Waals surface area contributed by atoms with Crippen LogP contribution in [0.5, 0.6) is 0 Å². The number of hydrogen-bond donors (Lipinski definition) is 0. The smallest absolute Gasteiger partial charge is 0.00775 e. The van der Waals surface area contributed by atoms with Gasteiger partial charge in [-0.05, 0) is 12.6 Å². The van der Waals surface area contributed by atoms with Crippen molar-refractivity contribution in [2.45, 2.75) is 20.3 Å². The van der Waals surface area contributed by atoms with Crippen molar-refractivity contribution in [1.82, 2.24) is 0 Å². The molecule has 2 rings (SSSR count). The molecular weight excluding hydrogens is 256 g/mol. The first-order chi connectivity index (χ1) is 6.42. The second kappa shape index (κ2) is 7.03. The molecule has 1 aromatic rings. The van der Waals surface area contributed by atoms with E-state index in [2.05, 4.69) is 49.6 Å². The van der Waals surface area contributed by atoms with Crippen LogP contribution in [0.15, 0.2) is 24.3 Å². The summed E-state index contributed by atoms with van der Waals surface area (Å²) in [6.45, 7) is 10.5. The molecule has 1 aromatic carbocycles. The van der Waals surface area contributed by atoms with Gasteiger partial charge in [0.25, 0.3) is 0 Å². The summed E-state index contributed by atoms with van der Waals surface area (Å²) >= 11 is 0. The zero-order valence-electron chi connectivity index (χ0n) is 8.83. The summed E-state index contributed by atoms with van der Waals surface area (Å²) in [7, 11) is 0. The molecule has 2 heteroatoms. The number of benzene rings is 1. The first-order valence-electron chi connectivity index (χ1n) is 4.80. The van der Waals surface area contributed by atoms with Crippen LogP contribution in [0.4, 0.5) is 5.69 Å². The Bertz CT molecular complexity index is 260. The fraction of sp³-hybridized carbons (Fsp3) is 0.333. The number of anilines is 1. The van der Waals surface area contributed by atoms with Gasteiger partial charge in [0.15, 0.2) is 0 Å². The molecule has 1 aliphatic rings. The molecular formula is C12H17NTc-2. The number of para-hydroxylation sites is 1. The van der Waals surface area contributed by atoms with E-state index in [-0.39, 0.29) is 20.1 Å². The van der Waals surface area contributed by atoms with Crippen molar-refractivity contribution in [1.29, 1.82) is 0 Å². The van der Waals surface area contributed by atoms with Gasteiger partial charge in [0.2, 0.25) is 0 Å². The van der Waals surface area contributed by atoms with Crippen LogP contribution in [0.25, 0.3) is 0 Å². The predicted molar refractivity (Wildman–Crippen MR) is 58.5 cm³/mol. The van der Waals surface area contributed by atoms with Crippen molar-refractivity contribution in [3.05, 3.63) is 43.3 Å². The minimum atomic E-state index is 0. The molecule has 1 nitrogen and oxygen atoms in total. The van der Waals surface area contributed by atoms with E-state index in [1.54, 1.807) is 6.92 Å². The van der Waals surface area contributed by atoms with E-state index in [0.717, 1.165) is 13.0 Å². The predicted octanol–water partition coefficient (Wildman–Crippen LogP) is 3.07. The van der Waals surface area contributed by atoms with Crippen LogP contribution in [-0.4, -0.2) is 6.54 Å². The molecule has 0 bridgehead atoms. The summed E-state index contributed by atoms with van der Waals surface area (Å²) in [5.74, 6) is 0. The van der Waals surface area contributed by atoms with Gasteiger partial charge < -0.3 is 11.8 Å². The van der Waals surface area contributed by atoms with E-state index in [0.29, 0.717) is 0 Å². The molecule has 0 unspecified atom stereocenters. The second-order valence-electron chi connectivity index (χ2n) is 2.80. The Balaban J connectivity index is 0.000000531. The van der Waals surface area contributed by atoms with Crippen LogP contribution in [0, 0.1) is 13.5 Å². The molecule has 0 aliphatic carbocycles. The van der Waals surface area contributed by atoms with Gasteiger partial charge in [-0.25, -0.2) is 6.54 Å². The van der Waals surface area contributed by atoms with Crippen molar-refractivity contribution >= 4 is 5.69 Å². The molecule has 1 radical (unpaired) electrons. The first-order valence-corrected chi connectivity index (χ1v) is 4.80. The van der Waals surface area contributed by atoms with Crippen molar-refractivity contribution in [2.24, 2.45) is 0 Å². The number of fused-ring (bicyclic) bond motifs is 1. The largest absolute Gasteiger partial charge is 0.522 e. The SMILES string of the molecule is CCN1[CH-]Cc2ccccc21.[CH2-]C.[Tc]. The number of rotatable bonds is 1. The monoisotopic (exact) mass is 272 g/mol. The molecule has 0 N–H and O–H groups in total. The van der Waals surface area contributed by atoms with Gasteiger partial charge in [0.05, 0.1) is 0 Å². The zero-order chi connectivity index (χ0) is 9.68. The fourth-order valence-corrected chi connectivity index (χ4v) is 1.57. The van der Waals surface area contributed by atoms with Crippen molar-refractivity contribution in [2.75, 3.05) is 11.4 Å². The Kier molecular flexibility index (Phi) is 6.86. The third kappa shape index (κ3) is 2.83. The first kappa shape index (κ1) is 13.7. The summed E-state index contributed by atoms with van der Waals surface area (Å²) in [5, 5.41) is 0. The van der Waals surface area contributed by atoms with Gasteiger partial charge in [-0.3, -0.25) is 0 Å². The number of likely N-dealkylation sites (N-methyl/N-ethyl adjacent to an activating group) is 1. The summed E-state index contributed by atoms with van der Waals surface area (Å²) in [4.78, 5) is 2.30. The second-order valence-corrected chi connectivity index (χ2v) is 2.80. The Morgan fingerprint density at radius 2 is 2.00 bits per heavy atom. The molecule has 0 aromatic heterocycles. The van der Waals surface area contributed by atoms with E-state index in [4.69, 9.17) is 0 Å². The van der Waals surface area contributed by atoms with Gasteiger partial charge in [-0.2, -0.15) is 6.92 Å². The summed E-state index contributed by atoms with van der Waals surface area (Å²) in [5.41, 5.74) is 2.84. The molecule has 1 aliphatic heterocycles. The third-order valence-electron chi connectivity index (χ3n) is 2.17. The maximum Gasteiger partial charge on any atom is 0.00775 e. The van der Waals surface area contributed by atoms with Crippen molar-refractivity contribution in [3.63, 3.8) is 0 Å². The summed E-state index contributed by atoms with van der Waals surface area (Å²) in [6, 6.07) is 8.58. The molecule has 0 fully saturated rings. The Labute approximate surface area is 101 Å². The number of hydrogen-bond acceptors (Lipinski definition) is 1. The minimum Gasteiger partial charge on any atom is -0.522 e. The molecule has 0 atom stereocenters. The van der Waals surface area contributed by atoms with E-state index >= 15 is 0 Å². The average Bonchev–Trinajstić information content (AvgIpc) is 2.64. The molecule has 14 heavy (non-hydrogen) atoms. The fourth-order valence-electron chi connectivity index (χ4n) is 1.57. The molecule has 1 heterocycles. The number of nitrogens with zero attached hydrogens (tertiary/aromatic N) is 1. The van der Waals surface area contributed by atoms with Crippen LogP contribution in [0.1, 0.15) is 19.4 Å². The van der Waals surface area contributed by atoms with Gasteiger partial charge in [-0.1, -0.05) is 30.7 Å². The van der Waals surface area contributed by atoms with Crippen LogP contribution < -0.4 is 4.90 Å². The summed E-state index contributed by atoms with van der Waals surface area (Å²) < 4.78 is 0. The molecule has 79 valence electrons. The third-order valence-corrected chi connectivity index (χ3v) is 2.17. The molecule has 0 saturated heterocycles. The average molecular weight is 273 g/mol. The van der Waals surface area contributed by atoms with Crippen LogP contribution in [-0.2, 0) is 26.5 Å². The summed E-state index contributed by atoms with van der Waals surface area (Å²) in [6.07, 6.45) is 1.10. The van der Waals surface area contributed by atoms with Crippen molar-refractivity contribution in [3.8, 4) is 0 Å². The Hall–Kier alpha value is -0.331.